The molecule has 2 aliphatic rings. The second-order valence-electron chi connectivity index (χ2n) is 6.94. The van der Waals surface area contributed by atoms with Crippen LogP contribution in [-0.4, -0.2) is 29.6 Å². The zero-order chi connectivity index (χ0) is 14.7. The molecule has 0 amide bonds. The molecular formula is C18H27ClN2. The number of hydrogen-bond donors (Lipinski definition) is 1. The second-order valence-corrected chi connectivity index (χ2v) is 7.38. The Kier molecular flexibility index (Phi) is 4.88. The summed E-state index contributed by atoms with van der Waals surface area (Å²) in [5, 5.41) is 4.73. The Morgan fingerprint density at radius 3 is 2.86 bits per heavy atom. The molecule has 3 heteroatoms. The van der Waals surface area contributed by atoms with Crippen LogP contribution in [0.25, 0.3) is 0 Å². The highest BCUT2D eigenvalue weighted by Gasteiger charge is 2.36. The first-order valence-electron chi connectivity index (χ1n) is 8.40. The maximum absolute atomic E-state index is 6.14. The highest BCUT2D eigenvalue weighted by atomic mass is 35.5. The van der Waals surface area contributed by atoms with Gasteiger partial charge in [0.1, 0.15) is 0 Å². The third-order valence-corrected chi connectivity index (χ3v) is 5.51. The molecule has 1 saturated carbocycles. The van der Waals surface area contributed by atoms with Gasteiger partial charge in [-0.25, -0.2) is 0 Å². The quantitative estimate of drug-likeness (QED) is 0.880. The molecule has 0 bridgehead atoms. The molecule has 3 rings (SSSR count). The molecule has 2 nitrogen and oxygen atoms in total. The molecule has 2 fully saturated rings. The van der Waals surface area contributed by atoms with Crippen molar-refractivity contribution < 1.29 is 0 Å². The van der Waals surface area contributed by atoms with Crippen LogP contribution in [0.4, 0.5) is 0 Å². The van der Waals surface area contributed by atoms with Gasteiger partial charge in [0.2, 0.25) is 0 Å². The molecule has 1 atom stereocenters. The van der Waals surface area contributed by atoms with E-state index in [0.29, 0.717) is 11.6 Å². The third-order valence-electron chi connectivity index (χ3n) is 5.28. The Morgan fingerprint density at radius 2 is 2.10 bits per heavy atom. The number of nitrogens with zero attached hydrogens (tertiary/aromatic N) is 1. The predicted octanol–water partition coefficient (Wildman–Crippen LogP) is 4.23. The number of rotatable bonds is 2. The Labute approximate surface area is 133 Å². The van der Waals surface area contributed by atoms with Crippen molar-refractivity contribution in [2.75, 3.05) is 13.1 Å². The Balaban J connectivity index is 1.74. The van der Waals surface area contributed by atoms with Gasteiger partial charge in [-0.15, -0.1) is 0 Å². The summed E-state index contributed by atoms with van der Waals surface area (Å²) in [5.41, 5.74) is 1.70. The van der Waals surface area contributed by atoms with E-state index in [2.05, 4.69) is 35.3 Å². The first-order chi connectivity index (χ1) is 10.2. The van der Waals surface area contributed by atoms with Crippen molar-refractivity contribution in [1.29, 1.82) is 0 Å². The van der Waals surface area contributed by atoms with E-state index in [4.69, 9.17) is 11.6 Å². The summed E-state index contributed by atoms with van der Waals surface area (Å²) in [6, 6.07) is 8.97. The first kappa shape index (κ1) is 15.3. The number of halogens is 1. The molecule has 1 unspecified atom stereocenters. The van der Waals surface area contributed by atoms with Crippen molar-refractivity contribution in [1.82, 2.24) is 10.2 Å². The van der Waals surface area contributed by atoms with Gasteiger partial charge in [0.25, 0.3) is 0 Å². The van der Waals surface area contributed by atoms with Crippen LogP contribution in [0, 0.1) is 0 Å². The molecule has 1 aromatic carbocycles. The van der Waals surface area contributed by atoms with E-state index in [9.17, 15) is 0 Å². The van der Waals surface area contributed by atoms with E-state index in [1.165, 1.54) is 50.6 Å². The van der Waals surface area contributed by atoms with Crippen LogP contribution in [-0.2, 0) is 6.54 Å². The lowest BCUT2D eigenvalue weighted by atomic mass is 9.81. The number of hydrogen-bond acceptors (Lipinski definition) is 2. The van der Waals surface area contributed by atoms with Crippen LogP contribution in [0.2, 0.25) is 5.02 Å². The summed E-state index contributed by atoms with van der Waals surface area (Å²) in [7, 11) is 0. The van der Waals surface area contributed by atoms with Crippen LogP contribution >= 0.6 is 11.6 Å². The molecule has 1 saturated heterocycles. The van der Waals surface area contributed by atoms with Crippen molar-refractivity contribution in [2.45, 2.75) is 63.6 Å². The zero-order valence-electron chi connectivity index (χ0n) is 13.1. The van der Waals surface area contributed by atoms with Crippen molar-refractivity contribution in [3.63, 3.8) is 0 Å². The van der Waals surface area contributed by atoms with Gasteiger partial charge in [0.05, 0.1) is 0 Å². The molecule has 1 aliphatic carbocycles. The summed E-state index contributed by atoms with van der Waals surface area (Å²) in [4.78, 5) is 2.66. The van der Waals surface area contributed by atoms with Gasteiger partial charge in [-0.05, 0) is 50.4 Å². The van der Waals surface area contributed by atoms with E-state index in [1.807, 2.05) is 6.07 Å². The van der Waals surface area contributed by atoms with E-state index in [1.54, 1.807) is 0 Å². The van der Waals surface area contributed by atoms with Crippen molar-refractivity contribution >= 4 is 11.6 Å². The van der Waals surface area contributed by atoms with Crippen molar-refractivity contribution in [3.05, 3.63) is 34.9 Å². The van der Waals surface area contributed by atoms with Crippen molar-refractivity contribution in [2.24, 2.45) is 0 Å². The lowest BCUT2D eigenvalue weighted by molar-refractivity contribution is 0.131. The van der Waals surface area contributed by atoms with E-state index in [0.717, 1.165) is 18.1 Å². The summed E-state index contributed by atoms with van der Waals surface area (Å²) in [6.45, 7) is 5.73. The smallest absolute Gasteiger partial charge is 0.0409 e. The van der Waals surface area contributed by atoms with Crippen LogP contribution in [0.3, 0.4) is 0 Å². The Bertz CT molecular complexity index is 468. The zero-order valence-corrected chi connectivity index (χ0v) is 13.8. The molecule has 1 aromatic rings. The Hall–Kier alpha value is -0.570. The molecule has 21 heavy (non-hydrogen) atoms. The summed E-state index contributed by atoms with van der Waals surface area (Å²) < 4.78 is 0. The molecule has 0 radical (unpaired) electrons. The number of nitrogens with one attached hydrogen (secondary N) is 1. The molecule has 116 valence electrons. The fourth-order valence-corrected chi connectivity index (χ4v) is 4.19. The van der Waals surface area contributed by atoms with E-state index in [-0.39, 0.29) is 0 Å². The fourth-order valence-electron chi connectivity index (χ4n) is 3.97. The SMILES string of the molecule is CC1CCNC2(CCCCC2)CN1Cc1cccc(Cl)c1. The summed E-state index contributed by atoms with van der Waals surface area (Å²) >= 11 is 6.14. The van der Waals surface area contributed by atoms with Gasteiger partial charge >= 0.3 is 0 Å². The molecular weight excluding hydrogens is 280 g/mol. The van der Waals surface area contributed by atoms with Crippen LogP contribution in [0.5, 0.6) is 0 Å². The minimum Gasteiger partial charge on any atom is -0.310 e. The van der Waals surface area contributed by atoms with E-state index < -0.39 is 0 Å². The summed E-state index contributed by atoms with van der Waals surface area (Å²) in [6.07, 6.45) is 8.09. The van der Waals surface area contributed by atoms with Gasteiger partial charge in [-0.1, -0.05) is 43.0 Å². The third kappa shape index (κ3) is 3.80. The normalized spacial score (nSPS) is 26.7. The molecule has 0 aromatic heterocycles. The van der Waals surface area contributed by atoms with E-state index >= 15 is 0 Å². The molecule has 1 aliphatic heterocycles. The Morgan fingerprint density at radius 1 is 1.29 bits per heavy atom. The summed E-state index contributed by atoms with van der Waals surface area (Å²) in [5.74, 6) is 0. The van der Waals surface area contributed by atoms with Gasteiger partial charge in [-0.2, -0.15) is 0 Å². The topological polar surface area (TPSA) is 15.3 Å². The fraction of sp³-hybridized carbons (Fsp3) is 0.667. The van der Waals surface area contributed by atoms with Crippen LogP contribution in [0.1, 0.15) is 51.0 Å². The maximum atomic E-state index is 6.14. The average molecular weight is 307 g/mol. The molecule has 1 spiro atoms. The highest BCUT2D eigenvalue weighted by Crippen LogP contribution is 2.32. The lowest BCUT2D eigenvalue weighted by Crippen LogP contribution is -2.53. The maximum Gasteiger partial charge on any atom is 0.0409 e. The van der Waals surface area contributed by atoms with Crippen LogP contribution in [0.15, 0.2) is 24.3 Å². The van der Waals surface area contributed by atoms with Gasteiger partial charge < -0.3 is 5.32 Å². The largest absolute Gasteiger partial charge is 0.310 e. The lowest BCUT2D eigenvalue weighted by Gasteiger charge is -2.41. The minimum atomic E-state index is 0.363. The van der Waals surface area contributed by atoms with Gasteiger partial charge in [0.15, 0.2) is 0 Å². The second kappa shape index (κ2) is 6.68. The first-order valence-corrected chi connectivity index (χ1v) is 8.78. The minimum absolute atomic E-state index is 0.363. The van der Waals surface area contributed by atoms with Gasteiger partial charge in [-0.3, -0.25) is 4.90 Å². The average Bonchev–Trinajstić information content (AvgIpc) is 2.60. The van der Waals surface area contributed by atoms with Crippen molar-refractivity contribution in [3.8, 4) is 0 Å². The predicted molar refractivity (Wildman–Crippen MR) is 89.8 cm³/mol. The van der Waals surface area contributed by atoms with Crippen LogP contribution < -0.4 is 5.32 Å². The molecule has 1 heterocycles. The van der Waals surface area contributed by atoms with Gasteiger partial charge in [0, 0.05) is 29.7 Å². The highest BCUT2D eigenvalue weighted by molar-refractivity contribution is 6.30. The molecule has 1 N–H and O–H groups in total. The monoisotopic (exact) mass is 306 g/mol. The number of benzene rings is 1. The standard InChI is InChI=1S/C18H27ClN2/c1-15-8-11-20-18(9-3-2-4-10-18)14-21(15)13-16-6-5-7-17(19)12-16/h5-7,12,15,20H,2-4,8-11,13-14H2,1H3.